The monoisotopic (exact) mass is 252 g/mol. The van der Waals surface area contributed by atoms with Crippen molar-refractivity contribution in [1.29, 1.82) is 0 Å². The second kappa shape index (κ2) is 3.20. The highest BCUT2D eigenvalue weighted by Gasteiger charge is 2.48. The maximum Gasteiger partial charge on any atom is 0.140 e. The van der Waals surface area contributed by atoms with E-state index in [1.807, 2.05) is 0 Å². The van der Waals surface area contributed by atoms with Gasteiger partial charge in [0.15, 0.2) is 0 Å². The average Bonchev–Trinajstić information content (AvgIpc) is 2.81. The molecule has 2 heteroatoms. The molecule has 1 aliphatic rings. The van der Waals surface area contributed by atoms with Gasteiger partial charge in [-0.15, -0.1) is 0 Å². The van der Waals surface area contributed by atoms with Crippen LogP contribution in [0.25, 0.3) is 0 Å². The van der Waals surface area contributed by atoms with E-state index >= 15 is 0 Å². The number of aryl methyl sites for hydroxylation is 1. The third-order valence-corrected chi connectivity index (χ3v) is 3.48. The van der Waals surface area contributed by atoms with Crippen LogP contribution in [0.5, 0.6) is 0 Å². The minimum Gasteiger partial charge on any atom is -0.299 e. The number of rotatable bonds is 2. The Labute approximate surface area is 92.6 Å². The fourth-order valence-electron chi connectivity index (χ4n) is 1.98. The Morgan fingerprint density at radius 1 is 1.36 bits per heavy atom. The summed E-state index contributed by atoms with van der Waals surface area (Å²) in [5.41, 5.74) is 2.24. The largest absolute Gasteiger partial charge is 0.299 e. The van der Waals surface area contributed by atoms with Gasteiger partial charge in [-0.05, 0) is 49.9 Å². The van der Waals surface area contributed by atoms with Gasteiger partial charge < -0.3 is 0 Å². The van der Waals surface area contributed by atoms with Crippen LogP contribution in [-0.2, 0) is 10.2 Å². The first kappa shape index (κ1) is 9.91. The molecule has 0 atom stereocenters. The van der Waals surface area contributed by atoms with Crippen molar-refractivity contribution < 1.29 is 4.79 Å². The molecule has 1 saturated carbocycles. The summed E-state index contributed by atoms with van der Waals surface area (Å²) in [7, 11) is 0. The first-order valence-electron chi connectivity index (χ1n) is 4.83. The van der Waals surface area contributed by atoms with E-state index in [0.29, 0.717) is 5.78 Å². The van der Waals surface area contributed by atoms with E-state index in [-0.39, 0.29) is 5.41 Å². The molecule has 0 spiro atoms. The molecule has 1 aromatic carbocycles. The minimum atomic E-state index is -0.144. The standard InChI is InChI=1S/C12H13BrO/c1-8-5-10(7-11(13)6-8)12(3-4-12)9(2)14/h5-7H,3-4H2,1-2H3. The molecule has 14 heavy (non-hydrogen) atoms. The molecule has 0 aliphatic heterocycles. The van der Waals surface area contributed by atoms with Crippen molar-refractivity contribution in [2.45, 2.75) is 32.1 Å². The zero-order valence-electron chi connectivity index (χ0n) is 8.43. The molecule has 1 aliphatic carbocycles. The lowest BCUT2D eigenvalue weighted by atomic mass is 9.91. The number of Topliss-reactive ketones (excluding diaryl/α,β-unsaturated/α-hetero) is 1. The van der Waals surface area contributed by atoms with Gasteiger partial charge in [-0.2, -0.15) is 0 Å². The van der Waals surface area contributed by atoms with Crippen LogP contribution in [0.2, 0.25) is 0 Å². The number of hydrogen-bond donors (Lipinski definition) is 0. The highest BCUT2D eigenvalue weighted by molar-refractivity contribution is 9.10. The molecule has 0 amide bonds. The molecule has 74 valence electrons. The average molecular weight is 253 g/mol. The van der Waals surface area contributed by atoms with Crippen molar-refractivity contribution in [3.63, 3.8) is 0 Å². The predicted molar refractivity (Wildman–Crippen MR) is 60.5 cm³/mol. The molecule has 1 fully saturated rings. The summed E-state index contributed by atoms with van der Waals surface area (Å²) in [6.45, 7) is 3.76. The molecule has 0 radical (unpaired) electrons. The predicted octanol–water partition coefficient (Wildman–Crippen LogP) is 3.38. The molecule has 1 nitrogen and oxygen atoms in total. The Morgan fingerprint density at radius 2 is 2.00 bits per heavy atom. The summed E-state index contributed by atoms with van der Waals surface area (Å²) >= 11 is 3.47. The quantitative estimate of drug-likeness (QED) is 0.789. The summed E-state index contributed by atoms with van der Waals surface area (Å²) in [4.78, 5) is 11.5. The van der Waals surface area contributed by atoms with Gasteiger partial charge in [-0.3, -0.25) is 4.79 Å². The Hall–Kier alpha value is -0.630. The lowest BCUT2D eigenvalue weighted by Gasteiger charge is -2.12. The van der Waals surface area contributed by atoms with Gasteiger partial charge in [-0.25, -0.2) is 0 Å². The fourth-order valence-corrected chi connectivity index (χ4v) is 2.59. The van der Waals surface area contributed by atoms with E-state index in [9.17, 15) is 4.79 Å². The summed E-state index contributed by atoms with van der Waals surface area (Å²) in [6, 6.07) is 6.26. The second-order valence-electron chi connectivity index (χ2n) is 4.16. The Kier molecular flexibility index (Phi) is 2.26. The van der Waals surface area contributed by atoms with Crippen molar-refractivity contribution in [2.75, 3.05) is 0 Å². The van der Waals surface area contributed by atoms with Crippen LogP contribution < -0.4 is 0 Å². The third-order valence-electron chi connectivity index (χ3n) is 3.02. The molecule has 0 aromatic heterocycles. The van der Waals surface area contributed by atoms with E-state index in [4.69, 9.17) is 0 Å². The fraction of sp³-hybridized carbons (Fsp3) is 0.417. The zero-order valence-corrected chi connectivity index (χ0v) is 10.0. The van der Waals surface area contributed by atoms with Crippen molar-refractivity contribution in [3.05, 3.63) is 33.8 Å². The van der Waals surface area contributed by atoms with E-state index in [1.165, 1.54) is 11.1 Å². The first-order valence-corrected chi connectivity index (χ1v) is 5.63. The maximum atomic E-state index is 11.5. The van der Waals surface area contributed by atoms with Crippen molar-refractivity contribution in [3.8, 4) is 0 Å². The van der Waals surface area contributed by atoms with Gasteiger partial charge in [0.2, 0.25) is 0 Å². The molecule has 0 heterocycles. The van der Waals surface area contributed by atoms with Gasteiger partial charge >= 0.3 is 0 Å². The number of carbonyl (C=O) groups is 1. The topological polar surface area (TPSA) is 17.1 Å². The van der Waals surface area contributed by atoms with E-state index in [0.717, 1.165) is 17.3 Å². The highest BCUT2D eigenvalue weighted by atomic mass is 79.9. The minimum absolute atomic E-state index is 0.144. The zero-order chi connectivity index (χ0) is 10.3. The van der Waals surface area contributed by atoms with Gasteiger partial charge in [0, 0.05) is 4.47 Å². The van der Waals surface area contributed by atoms with Crippen LogP contribution in [-0.4, -0.2) is 5.78 Å². The third kappa shape index (κ3) is 1.52. The normalized spacial score (nSPS) is 17.9. The van der Waals surface area contributed by atoms with Crippen molar-refractivity contribution in [2.24, 2.45) is 0 Å². The first-order chi connectivity index (χ1) is 6.54. The number of hydrogen-bond acceptors (Lipinski definition) is 1. The van der Waals surface area contributed by atoms with E-state index < -0.39 is 0 Å². The Bertz CT molecular complexity index is 371. The van der Waals surface area contributed by atoms with Gasteiger partial charge in [0.1, 0.15) is 5.78 Å². The van der Waals surface area contributed by atoms with Crippen LogP contribution in [0.3, 0.4) is 0 Å². The van der Waals surface area contributed by atoms with Crippen LogP contribution in [0.1, 0.15) is 30.9 Å². The van der Waals surface area contributed by atoms with Gasteiger partial charge in [0.25, 0.3) is 0 Å². The van der Waals surface area contributed by atoms with E-state index in [1.54, 1.807) is 6.92 Å². The SMILES string of the molecule is CC(=O)C1(c2cc(C)cc(Br)c2)CC1. The van der Waals surface area contributed by atoms with Crippen molar-refractivity contribution >= 4 is 21.7 Å². The number of ketones is 1. The summed E-state index contributed by atoms with van der Waals surface area (Å²) in [6.07, 6.45) is 2.02. The van der Waals surface area contributed by atoms with E-state index in [2.05, 4.69) is 41.1 Å². The molecule has 1 aromatic rings. The lowest BCUT2D eigenvalue weighted by Crippen LogP contribution is -2.16. The maximum absolute atomic E-state index is 11.5. The van der Waals surface area contributed by atoms with Crippen LogP contribution >= 0.6 is 15.9 Å². The molecular formula is C12H13BrO. The summed E-state index contributed by atoms with van der Waals surface area (Å²) in [5.74, 6) is 0.301. The highest BCUT2D eigenvalue weighted by Crippen LogP contribution is 2.49. The molecule has 2 rings (SSSR count). The molecule has 0 bridgehead atoms. The van der Waals surface area contributed by atoms with Crippen LogP contribution in [0, 0.1) is 6.92 Å². The molecular weight excluding hydrogens is 240 g/mol. The Morgan fingerprint density at radius 3 is 2.43 bits per heavy atom. The number of halogens is 1. The second-order valence-corrected chi connectivity index (χ2v) is 5.07. The smallest absolute Gasteiger partial charge is 0.140 e. The van der Waals surface area contributed by atoms with Crippen LogP contribution in [0.4, 0.5) is 0 Å². The van der Waals surface area contributed by atoms with Gasteiger partial charge in [-0.1, -0.05) is 22.0 Å². The molecule has 0 unspecified atom stereocenters. The summed E-state index contributed by atoms with van der Waals surface area (Å²) in [5, 5.41) is 0. The molecule has 0 N–H and O–H groups in total. The summed E-state index contributed by atoms with van der Waals surface area (Å²) < 4.78 is 1.07. The van der Waals surface area contributed by atoms with Gasteiger partial charge in [0.05, 0.1) is 5.41 Å². The lowest BCUT2D eigenvalue weighted by molar-refractivity contribution is -0.119. The number of carbonyl (C=O) groups excluding carboxylic acids is 1. The van der Waals surface area contributed by atoms with Crippen LogP contribution in [0.15, 0.2) is 22.7 Å². The van der Waals surface area contributed by atoms with Crippen molar-refractivity contribution in [1.82, 2.24) is 0 Å². The Balaban J connectivity index is 2.47. The molecule has 0 saturated heterocycles. The number of benzene rings is 1.